The summed E-state index contributed by atoms with van der Waals surface area (Å²) in [5.41, 5.74) is 3.22. The van der Waals surface area contributed by atoms with Gasteiger partial charge in [0.25, 0.3) is 0 Å². The molecule has 3 rings (SSSR count). The Morgan fingerprint density at radius 3 is 2.19 bits per heavy atom. The second-order valence-electron chi connectivity index (χ2n) is 7.31. The van der Waals surface area contributed by atoms with E-state index in [1.807, 2.05) is 13.0 Å². The molecule has 0 aromatic heterocycles. The summed E-state index contributed by atoms with van der Waals surface area (Å²) in [7, 11) is 4.21. The number of ketones is 1. The second-order valence-corrected chi connectivity index (χ2v) is 8.39. The first-order chi connectivity index (χ1) is 15.2. The number of aliphatic carboxylic acids is 2. The molecule has 0 radical (unpaired) electrons. The van der Waals surface area contributed by atoms with Crippen LogP contribution in [-0.2, 0) is 9.59 Å². The standard InChI is InChI=1S/C20H24N2OS.C4H4O4/c1-4-18(23)15-10-11-20-17(14-15)22(13-7-12-21(2)3)16-8-5-6-9-19(16)24-20;5-3(6)1-2-4(7)8/h5-6,8-11,14H,4,7,12-13H2,1-3H3;1-2H,(H,5,6)(H,7,8)/p-2/b;2-1-. The smallest absolute Gasteiger partial charge is 0.162 e. The Labute approximate surface area is 192 Å². The minimum Gasteiger partial charge on any atom is -0.545 e. The summed E-state index contributed by atoms with van der Waals surface area (Å²) in [6, 6.07) is 14.7. The monoisotopic (exact) mass is 454 g/mol. The van der Waals surface area contributed by atoms with Gasteiger partial charge in [-0.3, -0.25) is 4.79 Å². The zero-order chi connectivity index (χ0) is 23.7. The molecule has 0 aliphatic carbocycles. The Hall–Kier alpha value is -3.10. The molecule has 0 N–H and O–H groups in total. The van der Waals surface area contributed by atoms with Crippen LogP contribution in [0.5, 0.6) is 0 Å². The number of fused-ring (bicyclic) bond motifs is 2. The Balaban J connectivity index is 0.000000390. The predicted octanol–water partition coefficient (Wildman–Crippen LogP) is 1.88. The Morgan fingerprint density at radius 2 is 1.59 bits per heavy atom. The van der Waals surface area contributed by atoms with Crippen LogP contribution in [0.1, 0.15) is 30.1 Å². The number of hydrogen-bond acceptors (Lipinski definition) is 8. The highest BCUT2D eigenvalue weighted by molar-refractivity contribution is 7.99. The van der Waals surface area contributed by atoms with E-state index in [1.165, 1.54) is 15.5 Å². The summed E-state index contributed by atoms with van der Waals surface area (Å²) in [4.78, 5) is 38.0. The largest absolute Gasteiger partial charge is 0.545 e. The number of carbonyl (C=O) groups excluding carboxylic acids is 3. The third-order valence-corrected chi connectivity index (χ3v) is 5.74. The lowest BCUT2D eigenvalue weighted by Crippen LogP contribution is -2.25. The predicted molar refractivity (Wildman–Crippen MR) is 121 cm³/mol. The topological polar surface area (TPSA) is 104 Å². The van der Waals surface area contributed by atoms with Crippen molar-refractivity contribution < 1.29 is 24.6 Å². The maximum absolute atomic E-state index is 12.1. The van der Waals surface area contributed by atoms with Crippen LogP contribution in [0.2, 0.25) is 0 Å². The first-order valence-corrected chi connectivity index (χ1v) is 11.0. The highest BCUT2D eigenvalue weighted by atomic mass is 32.2. The molecule has 0 spiro atoms. The van der Waals surface area contributed by atoms with Crippen LogP contribution in [0.15, 0.2) is 64.4 Å². The fourth-order valence-electron chi connectivity index (χ4n) is 3.13. The van der Waals surface area contributed by atoms with Gasteiger partial charge < -0.3 is 29.6 Å². The Morgan fingerprint density at radius 1 is 0.969 bits per heavy atom. The summed E-state index contributed by atoms with van der Waals surface area (Å²) in [6.45, 7) is 3.92. The summed E-state index contributed by atoms with van der Waals surface area (Å²) in [6.07, 6.45) is 2.39. The molecule has 8 heteroatoms. The number of hydrogen-bond donors (Lipinski definition) is 0. The lowest BCUT2D eigenvalue weighted by atomic mass is 10.1. The second kappa shape index (κ2) is 12.1. The number of benzene rings is 2. The fraction of sp³-hybridized carbons (Fsp3) is 0.292. The van der Waals surface area contributed by atoms with Gasteiger partial charge in [-0.15, -0.1) is 0 Å². The van der Waals surface area contributed by atoms with E-state index in [0.29, 0.717) is 18.6 Å². The number of rotatable bonds is 8. The lowest BCUT2D eigenvalue weighted by Gasteiger charge is -2.33. The van der Waals surface area contributed by atoms with Gasteiger partial charge in [0.05, 0.1) is 23.3 Å². The molecule has 32 heavy (non-hydrogen) atoms. The van der Waals surface area contributed by atoms with Crippen LogP contribution in [0.3, 0.4) is 0 Å². The first kappa shape index (κ1) is 25.2. The van der Waals surface area contributed by atoms with Crippen molar-refractivity contribution in [1.82, 2.24) is 4.90 Å². The van der Waals surface area contributed by atoms with Gasteiger partial charge in [-0.2, -0.15) is 0 Å². The van der Waals surface area contributed by atoms with Crippen LogP contribution in [0.25, 0.3) is 0 Å². The summed E-state index contributed by atoms with van der Waals surface area (Å²) in [5, 5.41) is 18.8. The fourth-order valence-corrected chi connectivity index (χ4v) is 4.21. The number of nitrogens with zero attached hydrogens (tertiary/aromatic N) is 2. The number of para-hydroxylation sites is 1. The highest BCUT2D eigenvalue weighted by Crippen LogP contribution is 2.48. The van der Waals surface area contributed by atoms with Crippen molar-refractivity contribution in [2.24, 2.45) is 0 Å². The number of carboxylic acid groups (broad SMARTS) is 2. The first-order valence-electron chi connectivity index (χ1n) is 10.2. The van der Waals surface area contributed by atoms with E-state index in [1.54, 1.807) is 11.8 Å². The molecule has 0 saturated carbocycles. The van der Waals surface area contributed by atoms with Crippen LogP contribution in [-0.4, -0.2) is 49.8 Å². The number of anilines is 2. The molecular weight excluding hydrogens is 428 g/mol. The van der Waals surface area contributed by atoms with Gasteiger partial charge in [0.1, 0.15) is 0 Å². The van der Waals surface area contributed by atoms with Crippen LogP contribution >= 0.6 is 11.8 Å². The van der Waals surface area contributed by atoms with E-state index in [2.05, 4.69) is 60.3 Å². The van der Waals surface area contributed by atoms with Crippen molar-refractivity contribution in [1.29, 1.82) is 0 Å². The summed E-state index contributed by atoms with van der Waals surface area (Å²) >= 11 is 1.79. The average molecular weight is 455 g/mol. The summed E-state index contributed by atoms with van der Waals surface area (Å²) in [5.74, 6) is -2.89. The molecule has 1 aliphatic rings. The molecule has 2 aromatic rings. The van der Waals surface area contributed by atoms with Crippen molar-refractivity contribution in [2.75, 3.05) is 32.1 Å². The molecule has 0 bridgehead atoms. The van der Waals surface area contributed by atoms with Gasteiger partial charge in [0.2, 0.25) is 0 Å². The quantitative estimate of drug-likeness (QED) is 0.440. The molecule has 2 aromatic carbocycles. The number of carboxylic acids is 2. The van der Waals surface area contributed by atoms with Crippen LogP contribution < -0.4 is 15.1 Å². The molecule has 0 fully saturated rings. The molecule has 170 valence electrons. The molecule has 0 unspecified atom stereocenters. The van der Waals surface area contributed by atoms with Crippen molar-refractivity contribution in [3.63, 3.8) is 0 Å². The molecular formula is C24H26N2O5S-2. The highest BCUT2D eigenvalue weighted by Gasteiger charge is 2.23. The van der Waals surface area contributed by atoms with E-state index in [4.69, 9.17) is 0 Å². The normalized spacial score (nSPS) is 12.1. The van der Waals surface area contributed by atoms with Gasteiger partial charge >= 0.3 is 0 Å². The Kier molecular flexibility index (Phi) is 9.49. The van der Waals surface area contributed by atoms with Gasteiger partial charge in [-0.05, 0) is 63.5 Å². The number of carbonyl (C=O) groups is 3. The third kappa shape index (κ3) is 7.25. The molecule has 7 nitrogen and oxygen atoms in total. The molecule has 0 saturated heterocycles. The minimum absolute atomic E-state index is 0.204. The molecule has 1 heterocycles. The van der Waals surface area contributed by atoms with Crippen molar-refractivity contribution in [3.05, 3.63) is 60.2 Å². The summed E-state index contributed by atoms with van der Waals surface area (Å²) < 4.78 is 0. The third-order valence-electron chi connectivity index (χ3n) is 4.61. The van der Waals surface area contributed by atoms with Gasteiger partial charge in [0, 0.05) is 28.3 Å². The van der Waals surface area contributed by atoms with Crippen molar-refractivity contribution in [2.45, 2.75) is 29.6 Å². The van der Waals surface area contributed by atoms with Gasteiger partial charge in [0.15, 0.2) is 5.78 Å². The van der Waals surface area contributed by atoms with Gasteiger partial charge in [-0.25, -0.2) is 0 Å². The lowest BCUT2D eigenvalue weighted by molar-refractivity contribution is -0.301. The van der Waals surface area contributed by atoms with E-state index < -0.39 is 11.9 Å². The van der Waals surface area contributed by atoms with E-state index >= 15 is 0 Å². The molecule has 0 amide bonds. The van der Waals surface area contributed by atoms with E-state index in [-0.39, 0.29) is 5.78 Å². The van der Waals surface area contributed by atoms with E-state index in [9.17, 15) is 24.6 Å². The zero-order valence-corrected chi connectivity index (χ0v) is 19.2. The maximum atomic E-state index is 12.1. The minimum atomic E-state index is -1.55. The molecule has 1 aliphatic heterocycles. The zero-order valence-electron chi connectivity index (χ0n) is 18.4. The molecule has 0 atom stereocenters. The SMILES string of the molecule is CCC(=O)c1ccc2c(c1)N(CCCN(C)C)c1ccccc1S2.O=C([O-])/C=C\C(=O)[O-]. The van der Waals surface area contributed by atoms with Gasteiger partial charge in [-0.1, -0.05) is 36.9 Å². The van der Waals surface area contributed by atoms with E-state index in [0.717, 1.165) is 30.8 Å². The van der Waals surface area contributed by atoms with Crippen molar-refractivity contribution in [3.8, 4) is 0 Å². The van der Waals surface area contributed by atoms with Crippen LogP contribution in [0.4, 0.5) is 11.4 Å². The number of Topliss-reactive ketones (excluding diaryl/α,β-unsaturated/α-hetero) is 1. The Bertz CT molecular complexity index is 988. The van der Waals surface area contributed by atoms with Crippen molar-refractivity contribution >= 4 is 40.9 Å². The van der Waals surface area contributed by atoms with Crippen LogP contribution in [0, 0.1) is 0 Å². The maximum Gasteiger partial charge on any atom is 0.162 e. The average Bonchev–Trinajstić information content (AvgIpc) is 2.76.